The maximum absolute atomic E-state index is 10.5. The molecule has 0 saturated carbocycles. The molecule has 118 valence electrons. The van der Waals surface area contributed by atoms with E-state index in [0.717, 1.165) is 12.2 Å². The highest BCUT2D eigenvalue weighted by molar-refractivity contribution is 6.01. The van der Waals surface area contributed by atoms with Crippen LogP contribution in [-0.2, 0) is 9.59 Å². The highest BCUT2D eigenvalue weighted by Gasteiger charge is 2.13. The Kier molecular flexibility index (Phi) is 10.8. The second kappa shape index (κ2) is 11.4. The Morgan fingerprint density at radius 1 is 0.818 bits per heavy atom. The molecular weight excluding hydrogens is 292 g/mol. The molecule has 1 aromatic carbocycles. The van der Waals surface area contributed by atoms with Gasteiger partial charge in [-0.25, -0.2) is 9.59 Å². The van der Waals surface area contributed by atoms with E-state index in [1.54, 1.807) is 0 Å². The molecule has 0 aromatic heterocycles. The van der Waals surface area contributed by atoms with E-state index in [1.807, 2.05) is 0 Å². The fourth-order valence-electron chi connectivity index (χ4n) is 0.856. The van der Waals surface area contributed by atoms with Crippen molar-refractivity contribution < 1.29 is 29.4 Å². The molecule has 0 spiro atoms. The van der Waals surface area contributed by atoms with Crippen LogP contribution in [0.2, 0.25) is 0 Å². The molecule has 6 N–H and O–H groups in total. The van der Waals surface area contributed by atoms with Gasteiger partial charge >= 0.3 is 11.9 Å². The molecule has 0 heterocycles. The Labute approximate surface area is 126 Å². The first-order chi connectivity index (χ1) is 10.2. The van der Waals surface area contributed by atoms with Crippen molar-refractivity contribution in [3.63, 3.8) is 0 Å². The molecule has 0 aliphatic carbocycles. The van der Waals surface area contributed by atoms with Crippen LogP contribution in [0.5, 0.6) is 0 Å². The van der Waals surface area contributed by atoms with Crippen LogP contribution in [-0.4, -0.2) is 34.0 Å². The van der Waals surface area contributed by atoms with E-state index in [-0.39, 0.29) is 11.1 Å². The standard InChI is InChI=1S/C8H6O4.2C3H5NO/c9-7(10)5-3-1-2-4-6(5)8(11)12;2*1-2-3(4)5/h1-4H,(H,9,10)(H,11,12);2*2H,1H2,(H2,4,5). The van der Waals surface area contributed by atoms with Crippen LogP contribution in [0.4, 0.5) is 0 Å². The summed E-state index contributed by atoms with van der Waals surface area (Å²) in [5, 5.41) is 17.1. The Bertz CT molecular complexity index is 529. The summed E-state index contributed by atoms with van der Waals surface area (Å²) < 4.78 is 0. The van der Waals surface area contributed by atoms with Crippen LogP contribution in [0.3, 0.4) is 0 Å². The highest BCUT2D eigenvalue weighted by atomic mass is 16.4. The predicted octanol–water partition coefficient (Wildman–Crippen LogP) is 0.398. The lowest BCUT2D eigenvalue weighted by atomic mass is 10.1. The van der Waals surface area contributed by atoms with E-state index in [9.17, 15) is 19.2 Å². The van der Waals surface area contributed by atoms with E-state index in [1.165, 1.54) is 24.3 Å². The largest absolute Gasteiger partial charge is 0.478 e. The summed E-state index contributed by atoms with van der Waals surface area (Å²) in [6.07, 6.45) is 2.11. The number of carbonyl (C=O) groups excluding carboxylic acids is 2. The minimum absolute atomic E-state index is 0.190. The Morgan fingerprint density at radius 2 is 1.05 bits per heavy atom. The quantitative estimate of drug-likeness (QED) is 0.588. The summed E-state index contributed by atoms with van der Waals surface area (Å²) >= 11 is 0. The van der Waals surface area contributed by atoms with Gasteiger partial charge in [0, 0.05) is 0 Å². The van der Waals surface area contributed by atoms with E-state index in [4.69, 9.17) is 10.2 Å². The number of hydrogen-bond donors (Lipinski definition) is 4. The highest BCUT2D eigenvalue weighted by Crippen LogP contribution is 2.07. The summed E-state index contributed by atoms with van der Waals surface area (Å²) in [5.41, 5.74) is 8.69. The summed E-state index contributed by atoms with van der Waals surface area (Å²) in [5.74, 6) is -3.42. The number of primary amides is 2. The van der Waals surface area contributed by atoms with Gasteiger partial charge in [0.1, 0.15) is 0 Å². The minimum atomic E-state index is -1.23. The van der Waals surface area contributed by atoms with Crippen LogP contribution < -0.4 is 11.5 Å². The molecule has 0 radical (unpaired) electrons. The lowest BCUT2D eigenvalue weighted by Gasteiger charge is -1.98. The van der Waals surface area contributed by atoms with Gasteiger partial charge in [0.2, 0.25) is 11.8 Å². The lowest BCUT2D eigenvalue weighted by Crippen LogP contribution is -2.06. The van der Waals surface area contributed by atoms with Crippen LogP contribution in [0.15, 0.2) is 49.6 Å². The average Bonchev–Trinajstić information content (AvgIpc) is 2.48. The van der Waals surface area contributed by atoms with E-state index < -0.39 is 23.8 Å². The first-order valence-corrected chi connectivity index (χ1v) is 5.56. The molecule has 0 fully saturated rings. The first-order valence-electron chi connectivity index (χ1n) is 5.56. The van der Waals surface area contributed by atoms with Gasteiger partial charge in [-0.05, 0) is 24.3 Å². The summed E-state index contributed by atoms with van der Waals surface area (Å²) in [6.45, 7) is 6.17. The van der Waals surface area contributed by atoms with Crippen molar-refractivity contribution in [1.29, 1.82) is 0 Å². The van der Waals surface area contributed by atoms with Gasteiger partial charge in [-0.2, -0.15) is 0 Å². The number of benzene rings is 1. The molecule has 1 rings (SSSR count). The zero-order valence-electron chi connectivity index (χ0n) is 11.6. The number of amides is 2. The Morgan fingerprint density at radius 3 is 1.18 bits per heavy atom. The third-order valence-electron chi connectivity index (χ3n) is 1.79. The number of aromatic carboxylic acids is 2. The summed E-state index contributed by atoms with van der Waals surface area (Å²) in [6, 6.07) is 5.48. The van der Waals surface area contributed by atoms with Gasteiger partial charge in [-0.1, -0.05) is 25.3 Å². The maximum Gasteiger partial charge on any atom is 0.336 e. The van der Waals surface area contributed by atoms with E-state index >= 15 is 0 Å². The van der Waals surface area contributed by atoms with Crippen molar-refractivity contribution in [2.24, 2.45) is 11.5 Å². The molecule has 2 amide bonds. The lowest BCUT2D eigenvalue weighted by molar-refractivity contribution is -0.114. The second-order valence-corrected chi connectivity index (χ2v) is 3.37. The second-order valence-electron chi connectivity index (χ2n) is 3.37. The zero-order chi connectivity index (χ0) is 17.7. The fourth-order valence-corrected chi connectivity index (χ4v) is 0.856. The van der Waals surface area contributed by atoms with Gasteiger partial charge < -0.3 is 21.7 Å². The molecule has 8 nitrogen and oxygen atoms in total. The predicted molar refractivity (Wildman–Crippen MR) is 79.1 cm³/mol. The number of carboxylic acids is 2. The molecule has 0 saturated heterocycles. The van der Waals surface area contributed by atoms with E-state index in [0.29, 0.717) is 0 Å². The number of carboxylic acid groups (broad SMARTS) is 2. The van der Waals surface area contributed by atoms with Crippen molar-refractivity contribution in [2.45, 2.75) is 0 Å². The minimum Gasteiger partial charge on any atom is -0.478 e. The van der Waals surface area contributed by atoms with Crippen molar-refractivity contribution in [3.8, 4) is 0 Å². The SMILES string of the molecule is C=CC(N)=O.C=CC(N)=O.O=C(O)c1ccccc1C(=O)O. The van der Waals surface area contributed by atoms with E-state index in [2.05, 4.69) is 24.6 Å². The maximum atomic E-state index is 10.5. The molecule has 8 heteroatoms. The number of hydrogen-bond acceptors (Lipinski definition) is 4. The van der Waals surface area contributed by atoms with Crippen LogP contribution >= 0.6 is 0 Å². The normalized spacial score (nSPS) is 8.00. The van der Waals surface area contributed by atoms with Crippen LogP contribution in [0.25, 0.3) is 0 Å². The van der Waals surface area contributed by atoms with Crippen molar-refractivity contribution in [3.05, 3.63) is 60.7 Å². The van der Waals surface area contributed by atoms with Crippen LogP contribution in [0.1, 0.15) is 20.7 Å². The van der Waals surface area contributed by atoms with Gasteiger partial charge in [-0.3, -0.25) is 9.59 Å². The van der Waals surface area contributed by atoms with Crippen molar-refractivity contribution >= 4 is 23.8 Å². The Balaban J connectivity index is 0. The molecule has 0 bridgehead atoms. The molecule has 0 unspecified atom stereocenters. The zero-order valence-corrected chi connectivity index (χ0v) is 11.6. The van der Waals surface area contributed by atoms with Gasteiger partial charge in [0.15, 0.2) is 0 Å². The first kappa shape index (κ1) is 20.9. The molecule has 0 atom stereocenters. The molecule has 0 aliphatic heterocycles. The monoisotopic (exact) mass is 308 g/mol. The third kappa shape index (κ3) is 10.5. The van der Waals surface area contributed by atoms with Gasteiger partial charge in [0.05, 0.1) is 11.1 Å². The fraction of sp³-hybridized carbons (Fsp3) is 0. The molecule has 22 heavy (non-hydrogen) atoms. The molecule has 1 aromatic rings. The number of rotatable bonds is 4. The Hall–Kier alpha value is -3.42. The molecular formula is C14H16N2O6. The third-order valence-corrected chi connectivity index (χ3v) is 1.79. The van der Waals surface area contributed by atoms with Gasteiger partial charge in [-0.15, -0.1) is 0 Å². The summed E-state index contributed by atoms with van der Waals surface area (Å²) in [4.78, 5) is 39.9. The number of nitrogens with two attached hydrogens (primary N) is 2. The summed E-state index contributed by atoms with van der Waals surface area (Å²) in [7, 11) is 0. The average molecular weight is 308 g/mol. The smallest absolute Gasteiger partial charge is 0.336 e. The van der Waals surface area contributed by atoms with Gasteiger partial charge in [0.25, 0.3) is 0 Å². The number of carbonyl (C=O) groups is 4. The molecule has 0 aliphatic rings. The van der Waals surface area contributed by atoms with Crippen molar-refractivity contribution in [1.82, 2.24) is 0 Å². The van der Waals surface area contributed by atoms with Crippen LogP contribution in [0, 0.1) is 0 Å². The van der Waals surface area contributed by atoms with Crippen molar-refractivity contribution in [2.75, 3.05) is 0 Å². The topological polar surface area (TPSA) is 161 Å².